The van der Waals surface area contributed by atoms with Gasteiger partial charge in [0.25, 0.3) is 0 Å². The molecule has 0 heterocycles. The van der Waals surface area contributed by atoms with E-state index in [0.717, 1.165) is 0 Å². The quantitative estimate of drug-likeness (QED) is 0.338. The first-order valence-corrected chi connectivity index (χ1v) is 3.10. The fraction of sp³-hybridized carbons (Fsp3) is 1.00. The molecule has 52 valence electrons. The SMILES string of the molecule is CC(C)O.CC(N)S. The van der Waals surface area contributed by atoms with Crippen LogP contribution in [0.2, 0.25) is 0 Å². The maximum absolute atomic E-state index is 8.06. The van der Waals surface area contributed by atoms with E-state index in [1.54, 1.807) is 13.8 Å². The predicted molar refractivity (Wildman–Crippen MR) is 40.0 cm³/mol. The summed E-state index contributed by atoms with van der Waals surface area (Å²) in [6.07, 6.45) is -0.167. The van der Waals surface area contributed by atoms with Crippen molar-refractivity contribution in [2.24, 2.45) is 5.73 Å². The van der Waals surface area contributed by atoms with Crippen molar-refractivity contribution in [3.8, 4) is 0 Å². The third-order valence-electron chi connectivity index (χ3n) is 0. The molecule has 0 fully saturated rings. The molecule has 0 aliphatic rings. The highest BCUT2D eigenvalue weighted by Gasteiger charge is 1.69. The summed E-state index contributed by atoms with van der Waals surface area (Å²) in [7, 11) is 0. The fourth-order valence-corrected chi connectivity index (χ4v) is 0. The minimum absolute atomic E-state index is 0.0278. The summed E-state index contributed by atoms with van der Waals surface area (Å²) < 4.78 is 0. The van der Waals surface area contributed by atoms with Gasteiger partial charge >= 0.3 is 0 Å². The van der Waals surface area contributed by atoms with E-state index in [-0.39, 0.29) is 11.5 Å². The molecule has 0 saturated heterocycles. The van der Waals surface area contributed by atoms with E-state index >= 15 is 0 Å². The van der Waals surface area contributed by atoms with E-state index in [1.807, 2.05) is 6.92 Å². The van der Waals surface area contributed by atoms with E-state index < -0.39 is 0 Å². The Morgan fingerprint density at radius 2 is 1.38 bits per heavy atom. The zero-order valence-corrected chi connectivity index (χ0v) is 6.52. The van der Waals surface area contributed by atoms with Gasteiger partial charge in [-0.1, -0.05) is 0 Å². The average molecular weight is 137 g/mol. The summed E-state index contributed by atoms with van der Waals surface area (Å²) >= 11 is 3.74. The summed E-state index contributed by atoms with van der Waals surface area (Å²) in [5.41, 5.74) is 4.98. The molecule has 0 radical (unpaired) electrons. The Labute approximate surface area is 56.5 Å². The number of hydrogen-bond donors (Lipinski definition) is 3. The van der Waals surface area contributed by atoms with Crippen molar-refractivity contribution in [3.05, 3.63) is 0 Å². The van der Waals surface area contributed by atoms with Crippen molar-refractivity contribution in [1.82, 2.24) is 0 Å². The van der Waals surface area contributed by atoms with Crippen LogP contribution in [-0.2, 0) is 0 Å². The van der Waals surface area contributed by atoms with Gasteiger partial charge in [0.15, 0.2) is 0 Å². The Balaban J connectivity index is 0. The Hall–Kier alpha value is 0.270. The maximum Gasteiger partial charge on any atom is 0.0483 e. The Kier molecular flexibility index (Phi) is 10.1. The molecule has 1 unspecified atom stereocenters. The van der Waals surface area contributed by atoms with Gasteiger partial charge in [-0.2, -0.15) is 12.6 Å². The molecule has 0 bridgehead atoms. The van der Waals surface area contributed by atoms with Crippen LogP contribution in [0.5, 0.6) is 0 Å². The second-order valence-corrected chi connectivity index (χ2v) is 2.65. The number of aliphatic hydroxyl groups is 1. The number of nitrogens with two attached hydrogens (primary N) is 1. The van der Waals surface area contributed by atoms with Crippen molar-refractivity contribution in [2.45, 2.75) is 32.2 Å². The van der Waals surface area contributed by atoms with Crippen molar-refractivity contribution in [3.63, 3.8) is 0 Å². The van der Waals surface area contributed by atoms with Crippen LogP contribution in [0, 0.1) is 0 Å². The Bertz CT molecular complexity index is 27.9. The van der Waals surface area contributed by atoms with E-state index in [0.29, 0.717) is 0 Å². The largest absolute Gasteiger partial charge is 0.394 e. The molecular weight excluding hydrogens is 122 g/mol. The van der Waals surface area contributed by atoms with Crippen LogP contribution in [0.15, 0.2) is 0 Å². The summed E-state index contributed by atoms with van der Waals surface area (Å²) in [5.74, 6) is 0. The smallest absolute Gasteiger partial charge is 0.0483 e. The van der Waals surface area contributed by atoms with Crippen LogP contribution in [-0.4, -0.2) is 16.6 Å². The summed E-state index contributed by atoms with van der Waals surface area (Å²) in [6, 6.07) is 0. The van der Waals surface area contributed by atoms with Gasteiger partial charge in [-0.25, -0.2) is 0 Å². The molecule has 2 nitrogen and oxygen atoms in total. The predicted octanol–water partition coefficient (Wildman–Crippen LogP) is 0.608. The molecule has 8 heavy (non-hydrogen) atoms. The lowest BCUT2D eigenvalue weighted by atomic mass is 10.5. The second kappa shape index (κ2) is 7.27. The maximum atomic E-state index is 8.06. The zero-order valence-electron chi connectivity index (χ0n) is 5.63. The van der Waals surface area contributed by atoms with Crippen LogP contribution >= 0.6 is 12.6 Å². The molecule has 0 aromatic carbocycles. The molecular formula is C5H15NOS. The number of hydrogen-bond acceptors (Lipinski definition) is 3. The fourth-order valence-electron chi connectivity index (χ4n) is 0. The molecule has 1 atom stereocenters. The Morgan fingerprint density at radius 1 is 1.38 bits per heavy atom. The third kappa shape index (κ3) is 2390. The first-order valence-electron chi connectivity index (χ1n) is 2.58. The average Bonchev–Trinajstić information content (AvgIpc) is 1.25. The van der Waals surface area contributed by atoms with Gasteiger partial charge in [0, 0.05) is 11.5 Å². The van der Waals surface area contributed by atoms with E-state index in [1.165, 1.54) is 0 Å². The lowest BCUT2D eigenvalue weighted by molar-refractivity contribution is 0.216. The molecule has 0 aromatic rings. The first kappa shape index (κ1) is 11.1. The summed E-state index contributed by atoms with van der Waals surface area (Å²) in [6.45, 7) is 5.25. The molecule has 3 heteroatoms. The van der Waals surface area contributed by atoms with Crippen molar-refractivity contribution < 1.29 is 5.11 Å². The first-order chi connectivity index (χ1) is 3.46. The van der Waals surface area contributed by atoms with E-state index in [9.17, 15) is 0 Å². The van der Waals surface area contributed by atoms with Gasteiger partial charge in [0.05, 0.1) is 0 Å². The molecule has 0 aliphatic heterocycles. The van der Waals surface area contributed by atoms with E-state index in [4.69, 9.17) is 10.8 Å². The molecule has 3 N–H and O–H groups in total. The van der Waals surface area contributed by atoms with Crippen molar-refractivity contribution in [2.75, 3.05) is 0 Å². The van der Waals surface area contributed by atoms with Gasteiger partial charge in [-0.05, 0) is 20.8 Å². The molecule has 0 amide bonds. The lowest BCUT2D eigenvalue weighted by Crippen LogP contribution is -2.03. The van der Waals surface area contributed by atoms with Crippen molar-refractivity contribution in [1.29, 1.82) is 0 Å². The highest BCUT2D eigenvalue weighted by Crippen LogP contribution is 1.72. The highest BCUT2D eigenvalue weighted by molar-refractivity contribution is 7.80. The van der Waals surface area contributed by atoms with Crippen LogP contribution < -0.4 is 5.73 Å². The van der Waals surface area contributed by atoms with Gasteiger partial charge in [0.1, 0.15) is 0 Å². The normalized spacial score (nSPS) is 12.4. The molecule has 0 aliphatic carbocycles. The van der Waals surface area contributed by atoms with Gasteiger partial charge in [-0.15, -0.1) is 0 Å². The number of aliphatic hydroxyl groups excluding tert-OH is 1. The van der Waals surface area contributed by atoms with Crippen LogP contribution in [0.3, 0.4) is 0 Å². The van der Waals surface area contributed by atoms with Gasteiger partial charge in [0.2, 0.25) is 0 Å². The molecule has 0 spiro atoms. The molecule has 0 rings (SSSR count). The Morgan fingerprint density at radius 3 is 1.38 bits per heavy atom. The molecule has 0 saturated carbocycles. The summed E-state index contributed by atoms with van der Waals surface area (Å²) in [4.78, 5) is 0. The zero-order chi connectivity index (χ0) is 7.15. The van der Waals surface area contributed by atoms with E-state index in [2.05, 4.69) is 12.6 Å². The standard InChI is InChI=1S/C3H8O.C2H7NS/c1-3(2)4;1-2(3)4/h3-4H,1-2H3;2,4H,3H2,1H3. The topological polar surface area (TPSA) is 46.2 Å². The second-order valence-electron chi connectivity index (χ2n) is 1.83. The minimum atomic E-state index is -0.167. The summed E-state index contributed by atoms with van der Waals surface area (Å²) in [5, 5.41) is 8.08. The third-order valence-corrected chi connectivity index (χ3v) is 0. The van der Waals surface area contributed by atoms with Gasteiger partial charge in [-0.3, -0.25) is 0 Å². The molecule has 0 aromatic heterocycles. The van der Waals surface area contributed by atoms with Crippen LogP contribution in [0.4, 0.5) is 0 Å². The minimum Gasteiger partial charge on any atom is -0.394 e. The monoisotopic (exact) mass is 137 g/mol. The van der Waals surface area contributed by atoms with Crippen LogP contribution in [0.25, 0.3) is 0 Å². The van der Waals surface area contributed by atoms with Crippen molar-refractivity contribution >= 4 is 12.6 Å². The number of thiol groups is 1. The van der Waals surface area contributed by atoms with Crippen LogP contribution in [0.1, 0.15) is 20.8 Å². The lowest BCUT2D eigenvalue weighted by Gasteiger charge is -1.80. The van der Waals surface area contributed by atoms with Gasteiger partial charge < -0.3 is 10.8 Å². The highest BCUT2D eigenvalue weighted by atomic mass is 32.1. The number of rotatable bonds is 0.